The van der Waals surface area contributed by atoms with Crippen LogP contribution in [0.4, 0.5) is 0 Å². The molecule has 1 aliphatic rings. The van der Waals surface area contributed by atoms with Gasteiger partial charge in [-0.2, -0.15) is 4.73 Å². The van der Waals surface area contributed by atoms with E-state index in [1.165, 1.54) is 17.4 Å². The molecule has 94 valence electrons. The highest BCUT2D eigenvalue weighted by atomic mass is 16.5. The van der Waals surface area contributed by atoms with Crippen molar-refractivity contribution in [3.8, 4) is 0 Å². The Morgan fingerprint density at radius 3 is 2.89 bits per heavy atom. The predicted octanol–water partition coefficient (Wildman–Crippen LogP) is 2.54. The Morgan fingerprint density at radius 1 is 1.33 bits per heavy atom. The maximum absolute atomic E-state index is 11.5. The van der Waals surface area contributed by atoms with Crippen LogP contribution in [0, 0.1) is 0 Å². The molecular formula is C14H15NO3. The molecule has 4 nitrogen and oxygen atoms in total. The van der Waals surface area contributed by atoms with Crippen molar-refractivity contribution in [3.63, 3.8) is 0 Å². The van der Waals surface area contributed by atoms with Crippen LogP contribution in [0.5, 0.6) is 0 Å². The number of benzene rings is 1. The van der Waals surface area contributed by atoms with Crippen molar-refractivity contribution in [2.45, 2.75) is 25.7 Å². The Morgan fingerprint density at radius 2 is 2.11 bits per heavy atom. The van der Waals surface area contributed by atoms with Crippen molar-refractivity contribution >= 4 is 16.9 Å². The number of methoxy groups -OCH3 is 1. The molecule has 2 aromatic rings. The average Bonchev–Trinajstić information content (AvgIpc) is 2.72. The van der Waals surface area contributed by atoms with Gasteiger partial charge in [-0.3, -0.25) is 0 Å². The number of rotatable bonds is 1. The largest absolute Gasteiger partial charge is 0.465 e. The van der Waals surface area contributed by atoms with Gasteiger partial charge in [-0.1, -0.05) is 6.07 Å². The summed E-state index contributed by atoms with van der Waals surface area (Å²) in [6.45, 7) is 0. The number of ether oxygens (including phenoxy) is 1. The number of aromatic nitrogens is 1. The maximum atomic E-state index is 11.5. The second-order valence-electron chi connectivity index (χ2n) is 4.67. The highest BCUT2D eigenvalue weighted by molar-refractivity contribution is 5.96. The third kappa shape index (κ3) is 1.49. The lowest BCUT2D eigenvalue weighted by Crippen LogP contribution is -2.05. The van der Waals surface area contributed by atoms with E-state index in [1.54, 1.807) is 12.1 Å². The molecule has 0 bridgehead atoms. The van der Waals surface area contributed by atoms with Crippen molar-refractivity contribution < 1.29 is 14.7 Å². The third-order valence-electron chi connectivity index (χ3n) is 3.67. The summed E-state index contributed by atoms with van der Waals surface area (Å²) in [7, 11) is 1.36. The van der Waals surface area contributed by atoms with Gasteiger partial charge in [-0.05, 0) is 43.4 Å². The van der Waals surface area contributed by atoms with Gasteiger partial charge in [0.05, 0.1) is 23.9 Å². The Kier molecular flexibility index (Phi) is 2.51. The van der Waals surface area contributed by atoms with Crippen LogP contribution in [-0.4, -0.2) is 23.0 Å². The van der Waals surface area contributed by atoms with Crippen LogP contribution < -0.4 is 0 Å². The van der Waals surface area contributed by atoms with Crippen LogP contribution in [0.15, 0.2) is 18.2 Å². The standard InChI is InChI=1S/C14H15NO3/c1-18-14(16)9-6-7-11-10-4-2-3-5-12(10)15(17)13(11)8-9/h6-8,17H,2-5H2,1H3. The molecule has 0 saturated heterocycles. The summed E-state index contributed by atoms with van der Waals surface area (Å²) in [6.07, 6.45) is 4.16. The molecule has 1 aromatic carbocycles. The molecule has 18 heavy (non-hydrogen) atoms. The first kappa shape index (κ1) is 11.1. The first-order chi connectivity index (χ1) is 8.72. The summed E-state index contributed by atoms with van der Waals surface area (Å²) in [5.74, 6) is -0.379. The number of fused-ring (bicyclic) bond motifs is 3. The summed E-state index contributed by atoms with van der Waals surface area (Å²) in [6, 6.07) is 5.35. The minimum atomic E-state index is -0.379. The molecule has 1 aliphatic carbocycles. The summed E-state index contributed by atoms with van der Waals surface area (Å²) in [5, 5.41) is 11.2. The molecule has 0 spiro atoms. The van der Waals surface area contributed by atoms with Crippen LogP contribution >= 0.6 is 0 Å². The van der Waals surface area contributed by atoms with Crippen LogP contribution in [-0.2, 0) is 17.6 Å². The zero-order chi connectivity index (χ0) is 12.7. The number of hydrogen-bond acceptors (Lipinski definition) is 3. The molecule has 4 heteroatoms. The van der Waals surface area contributed by atoms with Crippen molar-refractivity contribution in [1.29, 1.82) is 0 Å². The lowest BCUT2D eigenvalue weighted by molar-refractivity contribution is 0.0601. The lowest BCUT2D eigenvalue weighted by atomic mass is 9.95. The van der Waals surface area contributed by atoms with E-state index >= 15 is 0 Å². The zero-order valence-corrected chi connectivity index (χ0v) is 10.3. The minimum absolute atomic E-state index is 0.379. The van der Waals surface area contributed by atoms with Gasteiger partial charge in [-0.25, -0.2) is 4.79 Å². The molecule has 0 aliphatic heterocycles. The molecule has 0 amide bonds. The van der Waals surface area contributed by atoms with Crippen LogP contribution in [0.3, 0.4) is 0 Å². The van der Waals surface area contributed by atoms with E-state index < -0.39 is 0 Å². The summed E-state index contributed by atoms with van der Waals surface area (Å²) >= 11 is 0. The Balaban J connectivity index is 2.23. The Labute approximate surface area is 105 Å². The highest BCUT2D eigenvalue weighted by Gasteiger charge is 2.20. The van der Waals surface area contributed by atoms with E-state index in [1.807, 2.05) is 6.07 Å². The van der Waals surface area contributed by atoms with E-state index in [4.69, 9.17) is 4.74 Å². The van der Waals surface area contributed by atoms with E-state index in [-0.39, 0.29) is 5.97 Å². The normalized spacial score (nSPS) is 14.5. The molecule has 0 unspecified atom stereocenters. The van der Waals surface area contributed by atoms with E-state index in [9.17, 15) is 10.0 Å². The molecule has 1 heterocycles. The molecule has 0 atom stereocenters. The predicted molar refractivity (Wildman–Crippen MR) is 67.1 cm³/mol. The topological polar surface area (TPSA) is 51.5 Å². The number of carbonyl (C=O) groups excluding carboxylic acids is 1. The van der Waals surface area contributed by atoms with Gasteiger partial charge in [0.2, 0.25) is 0 Å². The SMILES string of the molecule is COC(=O)c1ccc2c3c(n(O)c2c1)CCCC3. The fourth-order valence-corrected chi connectivity index (χ4v) is 2.77. The number of carbonyl (C=O) groups is 1. The van der Waals surface area contributed by atoms with E-state index in [0.717, 1.165) is 36.8 Å². The average molecular weight is 245 g/mol. The van der Waals surface area contributed by atoms with Crippen LogP contribution in [0.1, 0.15) is 34.5 Å². The van der Waals surface area contributed by atoms with Crippen molar-refractivity contribution in [3.05, 3.63) is 35.0 Å². The number of nitrogens with zero attached hydrogens (tertiary/aromatic N) is 1. The molecule has 0 fully saturated rings. The van der Waals surface area contributed by atoms with Gasteiger partial charge in [-0.15, -0.1) is 0 Å². The van der Waals surface area contributed by atoms with Crippen LogP contribution in [0.2, 0.25) is 0 Å². The van der Waals surface area contributed by atoms with E-state index in [0.29, 0.717) is 11.1 Å². The van der Waals surface area contributed by atoms with E-state index in [2.05, 4.69) is 0 Å². The fourth-order valence-electron chi connectivity index (χ4n) is 2.77. The third-order valence-corrected chi connectivity index (χ3v) is 3.67. The zero-order valence-electron chi connectivity index (χ0n) is 10.3. The second-order valence-corrected chi connectivity index (χ2v) is 4.67. The van der Waals surface area contributed by atoms with Crippen molar-refractivity contribution in [1.82, 2.24) is 4.73 Å². The molecule has 0 saturated carbocycles. The lowest BCUT2D eigenvalue weighted by Gasteiger charge is -2.11. The first-order valence-corrected chi connectivity index (χ1v) is 6.16. The second kappa shape index (κ2) is 4.05. The van der Waals surface area contributed by atoms with Gasteiger partial charge in [0.25, 0.3) is 0 Å². The summed E-state index contributed by atoms with van der Waals surface area (Å²) in [4.78, 5) is 11.5. The van der Waals surface area contributed by atoms with Gasteiger partial charge >= 0.3 is 5.97 Å². The Hall–Kier alpha value is -1.97. The van der Waals surface area contributed by atoms with Gasteiger partial charge in [0, 0.05) is 5.39 Å². The molecule has 1 N–H and O–H groups in total. The molecule has 3 rings (SSSR count). The minimum Gasteiger partial charge on any atom is -0.465 e. The number of esters is 1. The molecule has 1 aromatic heterocycles. The monoisotopic (exact) mass is 245 g/mol. The summed E-state index contributed by atoms with van der Waals surface area (Å²) < 4.78 is 5.93. The van der Waals surface area contributed by atoms with Gasteiger partial charge in [0.1, 0.15) is 0 Å². The molecule has 0 radical (unpaired) electrons. The van der Waals surface area contributed by atoms with Gasteiger partial charge in [0.15, 0.2) is 0 Å². The maximum Gasteiger partial charge on any atom is 0.337 e. The van der Waals surface area contributed by atoms with Crippen molar-refractivity contribution in [2.24, 2.45) is 0 Å². The highest BCUT2D eigenvalue weighted by Crippen LogP contribution is 2.31. The Bertz CT molecular complexity index is 627. The van der Waals surface area contributed by atoms with Crippen molar-refractivity contribution in [2.75, 3.05) is 7.11 Å². The summed E-state index contributed by atoms with van der Waals surface area (Å²) in [5.41, 5.74) is 3.37. The fraction of sp³-hybridized carbons (Fsp3) is 0.357. The quantitative estimate of drug-likeness (QED) is 0.620. The van der Waals surface area contributed by atoms with Crippen LogP contribution in [0.25, 0.3) is 10.9 Å². The smallest absolute Gasteiger partial charge is 0.337 e. The molecular weight excluding hydrogens is 230 g/mol. The van der Waals surface area contributed by atoms with Gasteiger partial charge < -0.3 is 9.94 Å². The first-order valence-electron chi connectivity index (χ1n) is 6.16. The number of hydrogen-bond donors (Lipinski definition) is 1. The number of aryl methyl sites for hydroxylation is 1.